The van der Waals surface area contributed by atoms with Crippen LogP contribution in [0, 0.1) is 0 Å². The van der Waals surface area contributed by atoms with E-state index in [9.17, 15) is 0 Å². The van der Waals surface area contributed by atoms with Gasteiger partial charge in [-0.15, -0.1) is 0 Å². The molecular formula is C8H9N3S. The van der Waals surface area contributed by atoms with Crippen molar-refractivity contribution in [1.82, 2.24) is 14.9 Å². The normalized spacial score (nSPS) is 10.8. The highest BCUT2D eigenvalue weighted by atomic mass is 32.1. The zero-order valence-corrected chi connectivity index (χ0v) is 7.31. The SMILES string of the molecule is SNCc1n[nH]c2ccccc12. The first-order valence-corrected chi connectivity index (χ1v) is 4.15. The Morgan fingerprint density at radius 3 is 3.08 bits per heavy atom. The molecular weight excluding hydrogens is 170 g/mol. The van der Waals surface area contributed by atoms with Gasteiger partial charge in [0.25, 0.3) is 0 Å². The van der Waals surface area contributed by atoms with Crippen molar-refractivity contribution in [3.63, 3.8) is 0 Å². The Balaban J connectivity index is 2.55. The summed E-state index contributed by atoms with van der Waals surface area (Å²) in [6.07, 6.45) is 0. The van der Waals surface area contributed by atoms with Crippen LogP contribution < -0.4 is 4.72 Å². The van der Waals surface area contributed by atoms with Crippen LogP contribution in [-0.4, -0.2) is 10.2 Å². The summed E-state index contributed by atoms with van der Waals surface area (Å²) in [5, 5.41) is 8.25. The second-order valence-corrected chi connectivity index (χ2v) is 2.87. The van der Waals surface area contributed by atoms with Crippen molar-refractivity contribution < 1.29 is 0 Å². The van der Waals surface area contributed by atoms with Crippen LogP contribution in [0.2, 0.25) is 0 Å². The van der Waals surface area contributed by atoms with Gasteiger partial charge in [0.1, 0.15) is 0 Å². The van der Waals surface area contributed by atoms with Crippen molar-refractivity contribution in [2.24, 2.45) is 0 Å². The Kier molecular flexibility index (Phi) is 2.01. The fourth-order valence-corrected chi connectivity index (χ4v) is 1.38. The number of rotatable bonds is 2. The van der Waals surface area contributed by atoms with Crippen LogP contribution in [0.5, 0.6) is 0 Å². The van der Waals surface area contributed by atoms with E-state index in [1.807, 2.05) is 24.3 Å². The largest absolute Gasteiger partial charge is 0.278 e. The number of hydrogen-bond donors (Lipinski definition) is 3. The minimum atomic E-state index is 0.674. The highest BCUT2D eigenvalue weighted by Gasteiger charge is 2.01. The average molecular weight is 179 g/mol. The number of thiol groups is 1. The van der Waals surface area contributed by atoms with Crippen LogP contribution >= 0.6 is 12.8 Å². The molecule has 0 amide bonds. The summed E-state index contributed by atoms with van der Waals surface area (Å²) in [6.45, 7) is 0.674. The van der Waals surface area contributed by atoms with E-state index in [4.69, 9.17) is 0 Å². The van der Waals surface area contributed by atoms with E-state index in [0.717, 1.165) is 16.6 Å². The number of para-hydroxylation sites is 1. The smallest absolute Gasteiger partial charge is 0.0847 e. The maximum atomic E-state index is 4.15. The average Bonchev–Trinajstić information content (AvgIpc) is 2.50. The lowest BCUT2D eigenvalue weighted by molar-refractivity contribution is 0.911. The predicted molar refractivity (Wildman–Crippen MR) is 51.9 cm³/mol. The molecule has 0 aliphatic rings. The molecule has 1 aromatic heterocycles. The number of fused-ring (bicyclic) bond motifs is 1. The Morgan fingerprint density at radius 2 is 2.25 bits per heavy atom. The van der Waals surface area contributed by atoms with Gasteiger partial charge in [0.05, 0.1) is 17.8 Å². The maximum absolute atomic E-state index is 4.15. The van der Waals surface area contributed by atoms with Gasteiger partial charge in [-0.25, -0.2) is 0 Å². The summed E-state index contributed by atoms with van der Waals surface area (Å²) in [7, 11) is 0. The number of aromatic amines is 1. The number of hydrogen-bond acceptors (Lipinski definition) is 3. The number of nitrogens with one attached hydrogen (secondary N) is 2. The summed E-state index contributed by atoms with van der Waals surface area (Å²) in [5.74, 6) is 0. The Bertz CT molecular complexity index is 382. The van der Waals surface area contributed by atoms with E-state index >= 15 is 0 Å². The molecule has 0 atom stereocenters. The van der Waals surface area contributed by atoms with Gasteiger partial charge >= 0.3 is 0 Å². The molecule has 1 heterocycles. The van der Waals surface area contributed by atoms with Crippen molar-refractivity contribution in [2.45, 2.75) is 6.54 Å². The van der Waals surface area contributed by atoms with Crippen LogP contribution in [-0.2, 0) is 6.54 Å². The molecule has 0 saturated heterocycles. The van der Waals surface area contributed by atoms with Gasteiger partial charge in [0.15, 0.2) is 0 Å². The second kappa shape index (κ2) is 3.16. The number of nitrogens with zero attached hydrogens (tertiary/aromatic N) is 1. The summed E-state index contributed by atoms with van der Waals surface area (Å²) >= 11 is 3.93. The zero-order valence-electron chi connectivity index (χ0n) is 6.41. The Morgan fingerprint density at radius 1 is 1.42 bits per heavy atom. The van der Waals surface area contributed by atoms with Gasteiger partial charge in [-0.3, -0.25) is 9.82 Å². The molecule has 2 rings (SSSR count). The molecule has 2 N–H and O–H groups in total. The first kappa shape index (κ1) is 7.64. The first-order valence-electron chi connectivity index (χ1n) is 3.71. The summed E-state index contributed by atoms with van der Waals surface area (Å²) < 4.78 is 2.77. The van der Waals surface area contributed by atoms with Crippen molar-refractivity contribution in [3.8, 4) is 0 Å². The third-order valence-electron chi connectivity index (χ3n) is 1.80. The van der Waals surface area contributed by atoms with Crippen LogP contribution in [0.1, 0.15) is 5.69 Å². The molecule has 0 spiro atoms. The fraction of sp³-hybridized carbons (Fsp3) is 0.125. The lowest BCUT2D eigenvalue weighted by atomic mass is 10.2. The van der Waals surface area contributed by atoms with Crippen LogP contribution in [0.15, 0.2) is 24.3 Å². The van der Waals surface area contributed by atoms with Crippen LogP contribution in [0.25, 0.3) is 10.9 Å². The predicted octanol–water partition coefficient (Wildman–Crippen LogP) is 1.50. The van der Waals surface area contributed by atoms with E-state index in [1.54, 1.807) is 0 Å². The van der Waals surface area contributed by atoms with Crippen molar-refractivity contribution >= 4 is 23.7 Å². The molecule has 0 unspecified atom stereocenters. The minimum Gasteiger partial charge on any atom is -0.278 e. The lowest BCUT2D eigenvalue weighted by Gasteiger charge is -1.92. The monoisotopic (exact) mass is 179 g/mol. The second-order valence-electron chi connectivity index (χ2n) is 2.55. The van der Waals surface area contributed by atoms with Gasteiger partial charge in [-0.1, -0.05) is 31.0 Å². The fourth-order valence-electron chi connectivity index (χ4n) is 1.23. The molecule has 1 aromatic carbocycles. The first-order chi connectivity index (χ1) is 5.92. The van der Waals surface area contributed by atoms with E-state index in [0.29, 0.717) is 6.54 Å². The molecule has 0 fully saturated rings. The molecule has 0 bridgehead atoms. The molecule has 4 heteroatoms. The number of aromatic nitrogens is 2. The summed E-state index contributed by atoms with van der Waals surface area (Å²) in [5.41, 5.74) is 2.07. The van der Waals surface area contributed by atoms with Crippen molar-refractivity contribution in [2.75, 3.05) is 0 Å². The molecule has 2 aromatic rings. The topological polar surface area (TPSA) is 40.7 Å². The molecule has 0 radical (unpaired) electrons. The molecule has 3 nitrogen and oxygen atoms in total. The number of H-pyrrole nitrogens is 1. The van der Waals surface area contributed by atoms with E-state index < -0.39 is 0 Å². The third kappa shape index (κ3) is 1.19. The summed E-state index contributed by atoms with van der Waals surface area (Å²) in [4.78, 5) is 0. The highest BCUT2D eigenvalue weighted by molar-refractivity contribution is 7.78. The standard InChI is InChI=1S/C8H9N3S/c12-9-5-8-6-3-1-2-4-7(6)10-11-8/h1-4,9,12H,5H2,(H,10,11). The van der Waals surface area contributed by atoms with E-state index in [-0.39, 0.29) is 0 Å². The quantitative estimate of drug-likeness (QED) is 0.611. The van der Waals surface area contributed by atoms with E-state index in [1.165, 1.54) is 0 Å². The van der Waals surface area contributed by atoms with Crippen molar-refractivity contribution in [3.05, 3.63) is 30.0 Å². The third-order valence-corrected chi connectivity index (χ3v) is 1.95. The van der Waals surface area contributed by atoms with Gasteiger partial charge < -0.3 is 0 Å². The molecule has 0 aliphatic carbocycles. The molecule has 0 aliphatic heterocycles. The van der Waals surface area contributed by atoms with Gasteiger partial charge in [0, 0.05) is 5.39 Å². The summed E-state index contributed by atoms with van der Waals surface area (Å²) in [6, 6.07) is 8.03. The van der Waals surface area contributed by atoms with Gasteiger partial charge in [0.2, 0.25) is 0 Å². The maximum Gasteiger partial charge on any atom is 0.0847 e. The van der Waals surface area contributed by atoms with Crippen molar-refractivity contribution in [1.29, 1.82) is 0 Å². The zero-order chi connectivity index (χ0) is 8.39. The number of benzene rings is 1. The highest BCUT2D eigenvalue weighted by Crippen LogP contribution is 2.14. The Labute approximate surface area is 75.7 Å². The Hall–Kier alpha value is -1.00. The molecule has 12 heavy (non-hydrogen) atoms. The minimum absolute atomic E-state index is 0.674. The molecule has 62 valence electrons. The van der Waals surface area contributed by atoms with Crippen LogP contribution in [0.4, 0.5) is 0 Å². The van der Waals surface area contributed by atoms with Gasteiger partial charge in [-0.2, -0.15) is 5.10 Å². The van der Waals surface area contributed by atoms with E-state index in [2.05, 4.69) is 27.7 Å². The lowest BCUT2D eigenvalue weighted by Crippen LogP contribution is -1.98. The van der Waals surface area contributed by atoms with Gasteiger partial charge in [-0.05, 0) is 6.07 Å². The molecule has 0 saturated carbocycles. The van der Waals surface area contributed by atoms with Crippen LogP contribution in [0.3, 0.4) is 0 Å².